The van der Waals surface area contributed by atoms with Crippen LogP contribution in [-0.4, -0.2) is 77.7 Å². The lowest BCUT2D eigenvalue weighted by Crippen LogP contribution is -2.46. The lowest BCUT2D eigenvalue weighted by atomic mass is 9.80. The number of carbonyl (C=O) groups is 2. The molecule has 0 saturated carbocycles. The first kappa shape index (κ1) is 19.7. The summed E-state index contributed by atoms with van der Waals surface area (Å²) in [4.78, 5) is 30.6. The van der Waals surface area contributed by atoms with Crippen LogP contribution in [0.2, 0.25) is 0 Å². The Morgan fingerprint density at radius 3 is 2.93 bits per heavy atom. The van der Waals surface area contributed by atoms with Crippen LogP contribution >= 0.6 is 0 Å². The van der Waals surface area contributed by atoms with Gasteiger partial charge < -0.3 is 14.8 Å². The number of aromatic nitrogens is 1. The summed E-state index contributed by atoms with van der Waals surface area (Å²) in [6.45, 7) is 3.18. The molecule has 1 aliphatic heterocycles. The minimum Gasteiger partial charge on any atom is -0.480 e. The summed E-state index contributed by atoms with van der Waals surface area (Å²) >= 11 is 0. The molecule has 2 heterocycles. The van der Waals surface area contributed by atoms with Gasteiger partial charge in [0.1, 0.15) is 0 Å². The third-order valence-electron chi connectivity index (χ3n) is 5.85. The Balaban J connectivity index is 1.61. The Hall–Kier alpha value is -2.64. The SMILES string of the molecule is CCOC(=O)CN(CC(=O)O)C[C@@H]1C=C2c3cccc4[nH]cc(c34)C[C@H]2N(C)C1. The number of H-pyrrole nitrogens is 1. The molecule has 1 aromatic carbocycles. The van der Waals surface area contributed by atoms with Crippen molar-refractivity contribution in [3.05, 3.63) is 41.6 Å². The summed E-state index contributed by atoms with van der Waals surface area (Å²) < 4.78 is 5.02. The van der Waals surface area contributed by atoms with Gasteiger partial charge in [0.05, 0.1) is 19.7 Å². The van der Waals surface area contributed by atoms with Crippen LogP contribution in [0.15, 0.2) is 30.5 Å². The van der Waals surface area contributed by atoms with Crippen LogP contribution in [0.1, 0.15) is 18.1 Å². The number of carboxylic acid groups (broad SMARTS) is 1. The van der Waals surface area contributed by atoms with E-state index in [9.17, 15) is 14.7 Å². The number of hydrogen-bond acceptors (Lipinski definition) is 5. The zero-order valence-corrected chi connectivity index (χ0v) is 16.9. The molecule has 2 N–H and O–H groups in total. The molecule has 0 amide bonds. The fraction of sp³-hybridized carbons (Fsp3) is 0.455. The Bertz CT molecular complexity index is 964. The first-order valence-electron chi connectivity index (χ1n) is 10.1. The predicted molar refractivity (Wildman–Crippen MR) is 111 cm³/mol. The van der Waals surface area contributed by atoms with Crippen molar-refractivity contribution in [1.29, 1.82) is 0 Å². The molecule has 2 aliphatic rings. The molecular weight excluding hydrogens is 370 g/mol. The number of aromatic amines is 1. The highest BCUT2D eigenvalue weighted by Crippen LogP contribution is 2.40. The van der Waals surface area contributed by atoms with E-state index in [-0.39, 0.29) is 25.0 Å². The van der Waals surface area contributed by atoms with Crippen LogP contribution in [0.5, 0.6) is 0 Å². The van der Waals surface area contributed by atoms with Gasteiger partial charge in [0.2, 0.25) is 0 Å². The number of ether oxygens (including phenoxy) is 1. The summed E-state index contributed by atoms with van der Waals surface area (Å²) in [5.41, 5.74) is 5.05. The van der Waals surface area contributed by atoms with Crippen molar-refractivity contribution in [2.24, 2.45) is 5.92 Å². The van der Waals surface area contributed by atoms with Crippen LogP contribution in [0.3, 0.4) is 0 Å². The van der Waals surface area contributed by atoms with Gasteiger partial charge in [0.15, 0.2) is 0 Å². The largest absolute Gasteiger partial charge is 0.480 e. The van der Waals surface area contributed by atoms with Crippen LogP contribution in [0.4, 0.5) is 0 Å². The molecule has 1 aromatic heterocycles. The number of fused-ring (bicyclic) bond motifs is 2. The van der Waals surface area contributed by atoms with Crippen LogP contribution < -0.4 is 0 Å². The zero-order chi connectivity index (χ0) is 20.5. The molecule has 29 heavy (non-hydrogen) atoms. The van der Waals surface area contributed by atoms with E-state index in [4.69, 9.17) is 4.74 Å². The van der Waals surface area contributed by atoms with Gasteiger partial charge in [-0.05, 0) is 43.2 Å². The van der Waals surface area contributed by atoms with Crippen molar-refractivity contribution in [3.8, 4) is 0 Å². The number of nitrogens with zero attached hydrogens (tertiary/aromatic N) is 2. The average Bonchev–Trinajstić information content (AvgIpc) is 3.07. The maximum absolute atomic E-state index is 11.9. The molecular formula is C22H27N3O4. The summed E-state index contributed by atoms with van der Waals surface area (Å²) in [6, 6.07) is 6.66. The van der Waals surface area contributed by atoms with Crippen molar-refractivity contribution in [3.63, 3.8) is 0 Å². The highest BCUT2D eigenvalue weighted by Gasteiger charge is 2.34. The van der Waals surface area contributed by atoms with Gasteiger partial charge in [-0.25, -0.2) is 0 Å². The third-order valence-corrected chi connectivity index (χ3v) is 5.85. The Morgan fingerprint density at radius 1 is 1.34 bits per heavy atom. The standard InChI is InChI=1S/C22H27N3O4/c1-3-29-21(28)13-25(12-20(26)27)11-14-7-17-16-5-4-6-18-22(16)15(9-23-18)8-19(17)24(2)10-14/h4-7,9,14,19,23H,3,8,10-13H2,1-2H3,(H,26,27)/t14-,19-/m1/s1. The molecule has 2 aromatic rings. The number of rotatable bonds is 7. The highest BCUT2D eigenvalue weighted by molar-refractivity contribution is 5.98. The minimum atomic E-state index is -0.941. The van der Waals surface area contributed by atoms with E-state index in [1.54, 1.807) is 11.8 Å². The van der Waals surface area contributed by atoms with Crippen molar-refractivity contribution in [2.45, 2.75) is 19.4 Å². The van der Waals surface area contributed by atoms with Gasteiger partial charge in [0, 0.05) is 42.1 Å². The van der Waals surface area contributed by atoms with Crippen LogP contribution in [0.25, 0.3) is 16.5 Å². The minimum absolute atomic E-state index is 0.00943. The summed E-state index contributed by atoms with van der Waals surface area (Å²) in [5.74, 6) is -1.19. The first-order valence-corrected chi connectivity index (χ1v) is 10.1. The molecule has 0 radical (unpaired) electrons. The van der Waals surface area contributed by atoms with Gasteiger partial charge in [-0.1, -0.05) is 18.2 Å². The maximum atomic E-state index is 11.9. The van der Waals surface area contributed by atoms with Crippen molar-refractivity contribution < 1.29 is 19.4 Å². The molecule has 154 valence electrons. The van der Waals surface area contributed by atoms with Crippen LogP contribution in [-0.2, 0) is 20.7 Å². The maximum Gasteiger partial charge on any atom is 0.320 e. The second kappa shape index (κ2) is 8.00. The van der Waals surface area contributed by atoms with Crippen molar-refractivity contribution in [2.75, 3.05) is 39.8 Å². The average molecular weight is 397 g/mol. The molecule has 7 nitrogen and oxygen atoms in total. The molecule has 4 rings (SSSR count). The van der Waals surface area contributed by atoms with E-state index >= 15 is 0 Å². The Morgan fingerprint density at radius 2 is 2.17 bits per heavy atom. The third kappa shape index (κ3) is 3.93. The number of carbonyl (C=O) groups excluding carboxylic acids is 1. The molecule has 1 aliphatic carbocycles. The number of carboxylic acids is 1. The van der Waals surface area contributed by atoms with Gasteiger partial charge in [-0.3, -0.25) is 19.4 Å². The number of likely N-dealkylation sites (N-methyl/N-ethyl adjacent to an activating group) is 1. The number of esters is 1. The molecule has 0 saturated heterocycles. The second-order valence-electron chi connectivity index (χ2n) is 7.95. The van der Waals surface area contributed by atoms with Gasteiger partial charge in [0.25, 0.3) is 0 Å². The number of benzene rings is 1. The summed E-state index contributed by atoms with van der Waals surface area (Å²) in [6.07, 6.45) is 5.36. The number of hydrogen-bond donors (Lipinski definition) is 2. The second-order valence-corrected chi connectivity index (χ2v) is 7.95. The van der Waals surface area contributed by atoms with Crippen LogP contribution in [0, 0.1) is 5.92 Å². The van der Waals surface area contributed by atoms with E-state index in [2.05, 4.69) is 47.4 Å². The Labute approximate surface area is 169 Å². The first-order chi connectivity index (χ1) is 14.0. The van der Waals surface area contributed by atoms with E-state index in [0.717, 1.165) is 18.5 Å². The number of nitrogens with one attached hydrogen (secondary N) is 1. The van der Waals surface area contributed by atoms with Gasteiger partial charge in [-0.2, -0.15) is 0 Å². The van der Waals surface area contributed by atoms with Crippen molar-refractivity contribution in [1.82, 2.24) is 14.8 Å². The van der Waals surface area contributed by atoms with E-state index in [0.29, 0.717) is 19.2 Å². The molecule has 0 unspecified atom stereocenters. The fourth-order valence-electron chi connectivity index (χ4n) is 4.76. The quantitative estimate of drug-likeness (QED) is 0.695. The highest BCUT2D eigenvalue weighted by atomic mass is 16.5. The van der Waals surface area contributed by atoms with E-state index in [1.165, 1.54) is 22.1 Å². The molecule has 0 bridgehead atoms. The summed E-state index contributed by atoms with van der Waals surface area (Å²) in [7, 11) is 2.12. The van der Waals surface area contributed by atoms with Crippen molar-refractivity contribution >= 4 is 28.4 Å². The molecule has 7 heteroatoms. The zero-order valence-electron chi connectivity index (χ0n) is 16.9. The smallest absolute Gasteiger partial charge is 0.320 e. The van der Waals surface area contributed by atoms with Gasteiger partial charge >= 0.3 is 11.9 Å². The topological polar surface area (TPSA) is 85.9 Å². The molecule has 0 spiro atoms. The van der Waals surface area contributed by atoms with E-state index < -0.39 is 5.97 Å². The normalized spacial score (nSPS) is 21.1. The molecule has 0 fully saturated rings. The monoisotopic (exact) mass is 397 g/mol. The lowest BCUT2D eigenvalue weighted by molar-refractivity contribution is -0.146. The van der Waals surface area contributed by atoms with E-state index in [1.807, 2.05) is 0 Å². The number of aliphatic carboxylic acids is 1. The summed E-state index contributed by atoms with van der Waals surface area (Å²) in [5, 5.41) is 10.5. The lowest BCUT2D eigenvalue weighted by Gasteiger charge is -2.40. The van der Waals surface area contributed by atoms with Gasteiger partial charge in [-0.15, -0.1) is 0 Å². The predicted octanol–water partition coefficient (Wildman–Crippen LogP) is 1.99. The molecule has 2 atom stereocenters. The Kier molecular flexibility index (Phi) is 5.43. The fourth-order valence-corrected chi connectivity index (χ4v) is 4.76.